The summed E-state index contributed by atoms with van der Waals surface area (Å²) in [4.78, 5) is 0. The van der Waals surface area contributed by atoms with E-state index in [4.69, 9.17) is 28.4 Å². The Hall–Kier alpha value is 4.79. The van der Waals surface area contributed by atoms with Gasteiger partial charge in [0.1, 0.15) is 44.7 Å². The zero-order valence-corrected chi connectivity index (χ0v) is 48.8. The quantitative estimate of drug-likeness (QED) is 0.152. The topological polar surface area (TPSA) is 82.2 Å². The molecule has 0 amide bonds. The summed E-state index contributed by atoms with van der Waals surface area (Å²) in [6.07, 6.45) is -0.487. The Morgan fingerprint density at radius 2 is 0.708 bits per heavy atom. The molecular formula is C33H24O7Y8-8. The molecule has 2 saturated heterocycles. The van der Waals surface area contributed by atoms with Crippen LogP contribution in [0.5, 0.6) is 23.0 Å². The Labute approximate surface area is 484 Å². The third-order valence-electron chi connectivity index (χ3n) is 6.01. The molecule has 1 N–H and O–H groups in total. The van der Waals surface area contributed by atoms with Gasteiger partial charge in [-0.1, -0.05) is 0 Å². The number of benzene rings is 4. The number of ether oxygens (including phenoxy) is 6. The van der Waals surface area contributed by atoms with Gasteiger partial charge < -0.3 is 153 Å². The minimum Gasteiger partial charge on any atom is -0.541 e. The van der Waals surface area contributed by atoms with Gasteiger partial charge in [0, 0.05) is 262 Å². The van der Waals surface area contributed by atoms with Crippen LogP contribution in [0.3, 0.4) is 0 Å². The van der Waals surface area contributed by atoms with Crippen LogP contribution >= 0.6 is 0 Å². The van der Waals surface area contributed by atoms with Gasteiger partial charge in [-0.3, -0.25) is 0 Å². The summed E-state index contributed by atoms with van der Waals surface area (Å²) < 4.78 is 32.6. The summed E-state index contributed by atoms with van der Waals surface area (Å²) in [5.74, 6) is 1.91. The van der Waals surface area contributed by atoms with E-state index in [0.29, 0.717) is 36.2 Å². The van der Waals surface area contributed by atoms with Gasteiger partial charge in [-0.2, -0.15) is 0 Å². The Morgan fingerprint density at radius 1 is 0.479 bits per heavy atom. The van der Waals surface area contributed by atoms with Crippen LogP contribution in [0.4, 0.5) is 0 Å². The third kappa shape index (κ3) is 20.3. The van der Waals surface area contributed by atoms with Crippen molar-refractivity contribution < 1.29 is 295 Å². The third-order valence-corrected chi connectivity index (χ3v) is 6.01. The first kappa shape index (κ1) is 57.1. The SMILES string of the molecule is OC(COc1[c-]cc(-c2c[c-]c(OCC3CO3)[c-]c2)c[c-]1)COc1[c-]cc(-c2c[c-]c(OCC3CO3)[c-]c2)c[c-]1.[Y].[Y].[Y].[Y].[Y].[Y].[Y].[Y]. The Bertz CT molecular complexity index is 1270. The van der Waals surface area contributed by atoms with Crippen LogP contribution in [0, 0.1) is 48.5 Å². The van der Waals surface area contributed by atoms with Crippen molar-refractivity contribution in [2.24, 2.45) is 0 Å². The predicted octanol–water partition coefficient (Wildman–Crippen LogP) is 3.78. The van der Waals surface area contributed by atoms with E-state index in [1.54, 1.807) is 24.3 Å². The molecule has 0 saturated carbocycles. The van der Waals surface area contributed by atoms with Crippen molar-refractivity contribution in [3.63, 3.8) is 0 Å². The minimum absolute atomic E-state index is 0. The van der Waals surface area contributed by atoms with Crippen LogP contribution in [0.25, 0.3) is 22.3 Å². The van der Waals surface area contributed by atoms with Gasteiger partial charge in [0.2, 0.25) is 0 Å². The van der Waals surface area contributed by atoms with Gasteiger partial charge in [0.05, 0.1) is 13.2 Å². The molecule has 4 aromatic rings. The second-order valence-corrected chi connectivity index (χ2v) is 9.26. The molecule has 2 aliphatic heterocycles. The maximum Gasteiger partial charge on any atom is 0.121 e. The molecule has 8 radical (unpaired) electrons. The number of aliphatic hydroxyl groups excluding tert-OH is 1. The molecule has 0 bridgehead atoms. The standard InChI is InChI=1S/C33H24O7.8Y/c34-27(17-35-28-9-1-23(2-10-28)25-5-13-30(14-6-25)37-19-32-21-39-32)18-36-29-11-3-24(4-12-29)26-7-15-31(16-8-26)38-20-33-22-40-33;;;;;;;;/h1-8,27,32-34H,17-22H2;;;;;;;;/q-8;;;;;;;;. The second-order valence-electron chi connectivity index (χ2n) is 9.26. The number of rotatable bonds is 14. The summed E-state index contributed by atoms with van der Waals surface area (Å²) in [6.45, 7) is 2.57. The van der Waals surface area contributed by atoms with Crippen molar-refractivity contribution in [3.8, 4) is 45.3 Å². The van der Waals surface area contributed by atoms with Crippen molar-refractivity contribution >= 4 is 0 Å². The maximum absolute atomic E-state index is 10.3. The number of epoxide rings is 2. The predicted molar refractivity (Wildman–Crippen MR) is 142 cm³/mol. The van der Waals surface area contributed by atoms with Gasteiger partial charge in [-0.25, -0.2) is 0 Å². The van der Waals surface area contributed by atoms with Gasteiger partial charge in [-0.15, -0.1) is 23.0 Å². The van der Waals surface area contributed by atoms with Crippen molar-refractivity contribution in [1.82, 2.24) is 0 Å². The Morgan fingerprint density at radius 3 is 0.938 bits per heavy atom. The molecule has 2 atom stereocenters. The van der Waals surface area contributed by atoms with E-state index in [-0.39, 0.29) is 287 Å². The molecule has 0 aromatic heterocycles. The number of aliphatic hydroxyl groups is 1. The molecule has 0 aliphatic carbocycles. The van der Waals surface area contributed by atoms with Gasteiger partial charge in [0.15, 0.2) is 0 Å². The maximum atomic E-state index is 10.3. The molecule has 7 nitrogen and oxygen atoms in total. The van der Waals surface area contributed by atoms with Crippen LogP contribution < -0.4 is 18.9 Å². The minimum atomic E-state index is -0.862. The summed E-state index contributed by atoms with van der Waals surface area (Å²) in [6, 6.07) is 38.9. The van der Waals surface area contributed by atoms with E-state index < -0.39 is 6.10 Å². The zero-order chi connectivity index (χ0) is 27.1. The first-order valence-electron chi connectivity index (χ1n) is 12.8. The van der Waals surface area contributed by atoms with E-state index in [2.05, 4.69) is 48.5 Å². The van der Waals surface area contributed by atoms with Gasteiger partial charge >= 0.3 is 0 Å². The van der Waals surface area contributed by atoms with Gasteiger partial charge in [-0.05, 0) is 0 Å². The zero-order valence-electron chi connectivity index (χ0n) is 26.1. The average Bonchev–Trinajstić information content (AvgIpc) is 3.94. The van der Waals surface area contributed by atoms with E-state index in [9.17, 15) is 5.11 Å². The van der Waals surface area contributed by atoms with Crippen LogP contribution in [0.15, 0.2) is 48.5 Å². The summed E-state index contributed by atoms with van der Waals surface area (Å²) in [7, 11) is 0. The van der Waals surface area contributed by atoms with Crippen molar-refractivity contribution in [2.75, 3.05) is 39.6 Å². The fourth-order valence-electron chi connectivity index (χ4n) is 3.57. The molecule has 4 aromatic carbocycles. The monoisotopic (exact) mass is 1240 g/mol. The molecule has 230 valence electrons. The van der Waals surface area contributed by atoms with Crippen molar-refractivity contribution in [3.05, 3.63) is 97.1 Å². The fraction of sp³-hybridized carbons (Fsp3) is 0.273. The van der Waals surface area contributed by atoms with Crippen molar-refractivity contribution in [2.45, 2.75) is 18.3 Å². The van der Waals surface area contributed by atoms with E-state index >= 15 is 0 Å². The van der Waals surface area contributed by atoms with Crippen LogP contribution in [-0.4, -0.2) is 63.1 Å². The molecule has 15 heteroatoms. The molecule has 48 heavy (non-hydrogen) atoms. The molecule has 2 heterocycles. The first-order valence-corrected chi connectivity index (χ1v) is 12.8. The summed E-state index contributed by atoms with van der Waals surface area (Å²) in [5, 5.41) is 10.3. The van der Waals surface area contributed by atoms with E-state index in [1.807, 2.05) is 24.3 Å². The van der Waals surface area contributed by atoms with Crippen LogP contribution in [-0.2, 0) is 271 Å². The smallest absolute Gasteiger partial charge is 0.121 e. The van der Waals surface area contributed by atoms with E-state index in [0.717, 1.165) is 35.5 Å². The average molecular weight is 1240 g/mol. The number of hydrogen-bond donors (Lipinski definition) is 1. The Balaban J connectivity index is -0.00000253. The molecule has 0 spiro atoms. The molecular weight excluding hydrogens is 1220 g/mol. The largest absolute Gasteiger partial charge is 0.541 e. The summed E-state index contributed by atoms with van der Waals surface area (Å²) in [5.41, 5.74) is 3.59. The second kappa shape index (κ2) is 30.9. The van der Waals surface area contributed by atoms with Crippen LogP contribution in [0.2, 0.25) is 0 Å². The molecule has 2 unspecified atom stereocenters. The molecule has 2 fully saturated rings. The summed E-state index contributed by atoms with van der Waals surface area (Å²) >= 11 is 0. The fourth-order valence-corrected chi connectivity index (χ4v) is 3.57. The van der Waals surface area contributed by atoms with E-state index in [1.165, 1.54) is 0 Å². The normalized spacial score (nSPS) is 15.0. The van der Waals surface area contributed by atoms with Crippen LogP contribution in [0.1, 0.15) is 0 Å². The van der Waals surface area contributed by atoms with Crippen molar-refractivity contribution in [1.29, 1.82) is 0 Å². The molecule has 2 aliphatic rings. The number of hydrogen-bond acceptors (Lipinski definition) is 7. The molecule has 6 rings (SSSR count). The Kier molecular flexibility index (Phi) is 36.7. The van der Waals surface area contributed by atoms with Gasteiger partial charge in [0.25, 0.3) is 0 Å². The first-order chi connectivity index (χ1) is 19.7.